The molecule has 4 heteroatoms. The Balaban J connectivity index is 1.85. The van der Waals surface area contributed by atoms with Gasteiger partial charge < -0.3 is 10.2 Å². The Morgan fingerprint density at radius 1 is 1.05 bits per heavy atom. The van der Waals surface area contributed by atoms with Crippen molar-refractivity contribution in [1.82, 2.24) is 5.32 Å². The van der Waals surface area contributed by atoms with Crippen LogP contribution >= 0.6 is 0 Å². The number of anilines is 1. The van der Waals surface area contributed by atoms with E-state index in [0.717, 1.165) is 25.6 Å². The van der Waals surface area contributed by atoms with Gasteiger partial charge in [0.25, 0.3) is 0 Å². The summed E-state index contributed by atoms with van der Waals surface area (Å²) in [6, 6.07) is 14.1. The van der Waals surface area contributed by atoms with E-state index < -0.39 is 11.6 Å². The van der Waals surface area contributed by atoms with Gasteiger partial charge in [0.05, 0.1) is 5.69 Å². The standard InChI is InChI=1S/C17H18F2N2/c18-14-7-8-17(15(19)11-14)21-10-4-9-20-16(12-21)13-5-2-1-3-6-13/h1-3,5-8,11,16,20H,4,9-10,12H2. The van der Waals surface area contributed by atoms with Crippen LogP contribution in [0.15, 0.2) is 48.5 Å². The third kappa shape index (κ3) is 3.22. The Morgan fingerprint density at radius 2 is 1.86 bits per heavy atom. The lowest BCUT2D eigenvalue weighted by Gasteiger charge is -2.27. The van der Waals surface area contributed by atoms with E-state index in [2.05, 4.69) is 17.4 Å². The average molecular weight is 288 g/mol. The van der Waals surface area contributed by atoms with Gasteiger partial charge in [-0.2, -0.15) is 0 Å². The first kappa shape index (κ1) is 14.0. The molecule has 0 bridgehead atoms. The van der Waals surface area contributed by atoms with E-state index in [1.54, 1.807) is 0 Å². The molecule has 0 spiro atoms. The highest BCUT2D eigenvalue weighted by molar-refractivity contribution is 5.48. The zero-order valence-corrected chi connectivity index (χ0v) is 11.7. The SMILES string of the molecule is Fc1ccc(N2CCCNC(c3ccccc3)C2)c(F)c1. The summed E-state index contributed by atoms with van der Waals surface area (Å²) in [6.45, 7) is 2.32. The molecule has 21 heavy (non-hydrogen) atoms. The van der Waals surface area contributed by atoms with Gasteiger partial charge >= 0.3 is 0 Å². The van der Waals surface area contributed by atoms with Gasteiger partial charge in [0.15, 0.2) is 0 Å². The van der Waals surface area contributed by atoms with Crippen LogP contribution < -0.4 is 10.2 Å². The number of nitrogens with zero attached hydrogens (tertiary/aromatic N) is 1. The van der Waals surface area contributed by atoms with Crippen LogP contribution in [0, 0.1) is 11.6 Å². The van der Waals surface area contributed by atoms with Gasteiger partial charge in [-0.1, -0.05) is 30.3 Å². The van der Waals surface area contributed by atoms with Crippen LogP contribution in [0.1, 0.15) is 18.0 Å². The number of hydrogen-bond acceptors (Lipinski definition) is 2. The molecule has 1 N–H and O–H groups in total. The molecule has 1 aliphatic rings. The minimum absolute atomic E-state index is 0.151. The second-order valence-corrected chi connectivity index (χ2v) is 5.31. The highest BCUT2D eigenvalue weighted by Crippen LogP contribution is 2.25. The molecular formula is C17H18F2N2. The number of hydrogen-bond donors (Lipinski definition) is 1. The first-order chi connectivity index (χ1) is 10.2. The lowest BCUT2D eigenvalue weighted by atomic mass is 10.1. The highest BCUT2D eigenvalue weighted by atomic mass is 19.1. The van der Waals surface area contributed by atoms with Crippen LogP contribution in [0.5, 0.6) is 0 Å². The van der Waals surface area contributed by atoms with Gasteiger partial charge in [-0.05, 0) is 30.7 Å². The molecule has 1 heterocycles. The maximum Gasteiger partial charge on any atom is 0.149 e. The van der Waals surface area contributed by atoms with Gasteiger partial charge in [-0.25, -0.2) is 8.78 Å². The lowest BCUT2D eigenvalue weighted by Crippen LogP contribution is -2.31. The summed E-state index contributed by atoms with van der Waals surface area (Å²) in [4.78, 5) is 1.99. The van der Waals surface area contributed by atoms with Crippen LogP contribution in [0.3, 0.4) is 0 Å². The van der Waals surface area contributed by atoms with Crippen molar-refractivity contribution in [2.75, 3.05) is 24.5 Å². The maximum absolute atomic E-state index is 14.0. The maximum atomic E-state index is 14.0. The van der Waals surface area contributed by atoms with Crippen LogP contribution in [-0.2, 0) is 0 Å². The van der Waals surface area contributed by atoms with Crippen LogP contribution in [-0.4, -0.2) is 19.6 Å². The monoisotopic (exact) mass is 288 g/mol. The van der Waals surface area contributed by atoms with Crippen molar-refractivity contribution in [1.29, 1.82) is 0 Å². The van der Waals surface area contributed by atoms with Crippen molar-refractivity contribution in [2.45, 2.75) is 12.5 Å². The molecule has 1 unspecified atom stereocenters. The van der Waals surface area contributed by atoms with Gasteiger partial charge in [-0.15, -0.1) is 0 Å². The lowest BCUT2D eigenvalue weighted by molar-refractivity contribution is 0.558. The van der Waals surface area contributed by atoms with E-state index in [-0.39, 0.29) is 6.04 Å². The summed E-state index contributed by atoms with van der Waals surface area (Å²) in [6.07, 6.45) is 0.931. The summed E-state index contributed by atoms with van der Waals surface area (Å²) in [5, 5.41) is 3.49. The fourth-order valence-electron chi connectivity index (χ4n) is 2.79. The van der Waals surface area contributed by atoms with Gasteiger partial charge in [0, 0.05) is 25.2 Å². The van der Waals surface area contributed by atoms with E-state index in [9.17, 15) is 8.78 Å². The number of nitrogens with one attached hydrogen (secondary N) is 1. The van der Waals surface area contributed by atoms with Crippen molar-refractivity contribution in [3.8, 4) is 0 Å². The van der Waals surface area contributed by atoms with E-state index in [1.165, 1.54) is 17.7 Å². The Morgan fingerprint density at radius 3 is 2.62 bits per heavy atom. The number of halogens is 2. The van der Waals surface area contributed by atoms with Crippen molar-refractivity contribution in [2.24, 2.45) is 0 Å². The molecule has 2 aromatic rings. The molecule has 110 valence electrons. The molecule has 0 saturated carbocycles. The third-order valence-corrected chi connectivity index (χ3v) is 3.85. The van der Waals surface area contributed by atoms with E-state index in [0.29, 0.717) is 12.2 Å². The zero-order chi connectivity index (χ0) is 14.7. The van der Waals surface area contributed by atoms with Gasteiger partial charge in [0.2, 0.25) is 0 Å². The summed E-state index contributed by atoms with van der Waals surface area (Å²) in [5.74, 6) is -1.03. The first-order valence-electron chi connectivity index (χ1n) is 7.22. The second-order valence-electron chi connectivity index (χ2n) is 5.31. The Hall–Kier alpha value is -1.94. The van der Waals surface area contributed by atoms with Gasteiger partial charge in [-0.3, -0.25) is 0 Å². The molecule has 0 amide bonds. The summed E-state index contributed by atoms with van der Waals surface area (Å²) >= 11 is 0. The summed E-state index contributed by atoms with van der Waals surface area (Å²) in [7, 11) is 0. The van der Waals surface area contributed by atoms with Crippen LogP contribution in [0.2, 0.25) is 0 Å². The molecule has 1 fully saturated rings. The molecule has 1 saturated heterocycles. The Bertz CT molecular complexity index is 601. The molecule has 0 radical (unpaired) electrons. The Labute approximate surface area is 123 Å². The van der Waals surface area contributed by atoms with Gasteiger partial charge in [0.1, 0.15) is 11.6 Å². The topological polar surface area (TPSA) is 15.3 Å². The molecule has 2 aromatic carbocycles. The van der Waals surface area contributed by atoms with Crippen molar-refractivity contribution >= 4 is 5.69 Å². The zero-order valence-electron chi connectivity index (χ0n) is 11.7. The van der Waals surface area contributed by atoms with Crippen molar-refractivity contribution < 1.29 is 8.78 Å². The summed E-state index contributed by atoms with van der Waals surface area (Å²) in [5.41, 5.74) is 1.66. The van der Waals surface area contributed by atoms with Crippen molar-refractivity contribution in [3.63, 3.8) is 0 Å². The Kier molecular flexibility index (Phi) is 4.15. The highest BCUT2D eigenvalue weighted by Gasteiger charge is 2.21. The predicted molar refractivity (Wildman–Crippen MR) is 80.4 cm³/mol. The first-order valence-corrected chi connectivity index (χ1v) is 7.22. The van der Waals surface area contributed by atoms with Crippen LogP contribution in [0.4, 0.5) is 14.5 Å². The molecule has 0 aliphatic carbocycles. The minimum Gasteiger partial charge on any atom is -0.367 e. The quantitative estimate of drug-likeness (QED) is 0.910. The normalized spacial score (nSPS) is 19.3. The average Bonchev–Trinajstić information content (AvgIpc) is 2.74. The van der Waals surface area contributed by atoms with E-state index >= 15 is 0 Å². The summed E-state index contributed by atoms with van der Waals surface area (Å²) < 4.78 is 27.1. The van der Waals surface area contributed by atoms with E-state index in [4.69, 9.17) is 0 Å². The molecule has 2 nitrogen and oxygen atoms in total. The smallest absolute Gasteiger partial charge is 0.149 e. The van der Waals surface area contributed by atoms with Crippen LogP contribution in [0.25, 0.3) is 0 Å². The predicted octanol–water partition coefficient (Wildman–Crippen LogP) is 3.51. The molecule has 0 aromatic heterocycles. The second kappa shape index (κ2) is 6.22. The molecule has 1 aliphatic heterocycles. The molecular weight excluding hydrogens is 270 g/mol. The van der Waals surface area contributed by atoms with E-state index in [1.807, 2.05) is 23.1 Å². The molecule has 1 atom stereocenters. The number of rotatable bonds is 2. The minimum atomic E-state index is -0.538. The number of benzene rings is 2. The molecule has 3 rings (SSSR count). The largest absolute Gasteiger partial charge is 0.367 e. The van der Waals surface area contributed by atoms with Crippen molar-refractivity contribution in [3.05, 3.63) is 65.7 Å². The third-order valence-electron chi connectivity index (χ3n) is 3.85. The fourth-order valence-corrected chi connectivity index (χ4v) is 2.79. The fraction of sp³-hybridized carbons (Fsp3) is 0.294.